The molecule has 3 aromatic heterocycles. The van der Waals surface area contributed by atoms with Gasteiger partial charge in [-0.25, -0.2) is 4.98 Å². The molecule has 6 nitrogen and oxygen atoms in total. The van der Waals surface area contributed by atoms with Gasteiger partial charge in [-0.2, -0.15) is 0 Å². The van der Waals surface area contributed by atoms with Crippen LogP contribution in [0.2, 0.25) is 5.02 Å². The fraction of sp³-hybridized carbons (Fsp3) is 0.300. The molecule has 0 aliphatic carbocycles. The van der Waals surface area contributed by atoms with Crippen molar-refractivity contribution >= 4 is 28.8 Å². The van der Waals surface area contributed by atoms with Crippen LogP contribution in [0.15, 0.2) is 48.4 Å². The van der Waals surface area contributed by atoms with Crippen molar-refractivity contribution in [1.82, 2.24) is 19.9 Å². The molecule has 0 spiro atoms. The third-order valence-corrected chi connectivity index (χ3v) is 5.72. The smallest absolute Gasteiger partial charge is 0.228 e. The number of pyridine rings is 2. The number of hydrogen-bond donors (Lipinski definition) is 0. The summed E-state index contributed by atoms with van der Waals surface area (Å²) >= 11 is 7.48. The van der Waals surface area contributed by atoms with Crippen LogP contribution >= 0.6 is 22.9 Å². The molecule has 0 N–H and O–H groups in total. The molecule has 1 saturated heterocycles. The summed E-state index contributed by atoms with van der Waals surface area (Å²) < 4.78 is 5.93. The average molecular weight is 415 g/mol. The van der Waals surface area contributed by atoms with E-state index in [4.69, 9.17) is 16.3 Å². The van der Waals surface area contributed by atoms with Crippen molar-refractivity contribution in [1.29, 1.82) is 0 Å². The van der Waals surface area contributed by atoms with E-state index in [0.717, 1.165) is 29.1 Å². The number of likely N-dealkylation sites (tertiary alicyclic amines) is 1. The van der Waals surface area contributed by atoms with Crippen LogP contribution in [-0.4, -0.2) is 45.0 Å². The third kappa shape index (κ3) is 4.66. The van der Waals surface area contributed by atoms with Gasteiger partial charge in [-0.3, -0.25) is 14.8 Å². The minimum absolute atomic E-state index is 0.0702. The fourth-order valence-electron chi connectivity index (χ4n) is 3.15. The second-order valence-electron chi connectivity index (χ2n) is 6.60. The number of rotatable bonds is 5. The highest BCUT2D eigenvalue weighted by Gasteiger charge is 2.24. The second kappa shape index (κ2) is 8.67. The Morgan fingerprint density at radius 3 is 2.86 bits per heavy atom. The van der Waals surface area contributed by atoms with E-state index in [9.17, 15) is 4.79 Å². The molecule has 0 unspecified atom stereocenters. The van der Waals surface area contributed by atoms with E-state index in [1.54, 1.807) is 30.9 Å². The number of amides is 1. The highest BCUT2D eigenvalue weighted by atomic mass is 35.5. The Labute approximate surface area is 172 Å². The second-order valence-corrected chi connectivity index (χ2v) is 7.89. The van der Waals surface area contributed by atoms with Gasteiger partial charge in [0.25, 0.3) is 0 Å². The number of nitrogens with zero attached hydrogens (tertiary/aromatic N) is 4. The molecule has 28 heavy (non-hydrogen) atoms. The van der Waals surface area contributed by atoms with Gasteiger partial charge in [0, 0.05) is 61.5 Å². The first kappa shape index (κ1) is 18.8. The van der Waals surface area contributed by atoms with E-state index in [1.165, 1.54) is 11.3 Å². The summed E-state index contributed by atoms with van der Waals surface area (Å²) in [5.74, 6) is 0.772. The van der Waals surface area contributed by atoms with Gasteiger partial charge in [0.2, 0.25) is 5.91 Å². The third-order valence-electron chi connectivity index (χ3n) is 4.57. The number of carbonyl (C=O) groups excluding carboxylic acids is 1. The van der Waals surface area contributed by atoms with Crippen molar-refractivity contribution in [2.45, 2.75) is 25.4 Å². The molecule has 8 heteroatoms. The Balaban J connectivity index is 1.29. The molecular weight excluding hydrogens is 396 g/mol. The minimum Gasteiger partial charge on any atom is -0.489 e. The summed E-state index contributed by atoms with van der Waals surface area (Å²) in [5, 5.41) is 3.39. The summed E-state index contributed by atoms with van der Waals surface area (Å²) in [6.45, 7) is 1.36. The molecule has 1 fully saturated rings. The summed E-state index contributed by atoms with van der Waals surface area (Å²) in [6.07, 6.45) is 8.72. The molecule has 3 aromatic rings. The van der Waals surface area contributed by atoms with Gasteiger partial charge in [0.1, 0.15) is 16.9 Å². The topological polar surface area (TPSA) is 68.2 Å². The highest BCUT2D eigenvalue weighted by molar-refractivity contribution is 7.13. The molecule has 1 aliphatic heterocycles. The van der Waals surface area contributed by atoms with Crippen molar-refractivity contribution in [3.63, 3.8) is 0 Å². The van der Waals surface area contributed by atoms with Crippen molar-refractivity contribution in [2.24, 2.45) is 0 Å². The quantitative estimate of drug-likeness (QED) is 0.634. The normalized spacial score (nSPS) is 14.8. The molecule has 0 saturated carbocycles. The van der Waals surface area contributed by atoms with Crippen LogP contribution < -0.4 is 4.74 Å². The van der Waals surface area contributed by atoms with E-state index < -0.39 is 0 Å². The molecular formula is C20H19ClN4O2S. The van der Waals surface area contributed by atoms with E-state index in [1.807, 2.05) is 22.4 Å². The zero-order valence-corrected chi connectivity index (χ0v) is 16.7. The maximum Gasteiger partial charge on any atom is 0.228 e. The summed E-state index contributed by atoms with van der Waals surface area (Å²) in [6, 6.07) is 5.61. The molecule has 4 rings (SSSR count). The number of carbonyl (C=O) groups is 1. The largest absolute Gasteiger partial charge is 0.489 e. The fourth-order valence-corrected chi connectivity index (χ4v) is 4.12. The maximum atomic E-state index is 12.6. The minimum atomic E-state index is 0.0702. The van der Waals surface area contributed by atoms with Gasteiger partial charge in [0.15, 0.2) is 0 Å². The van der Waals surface area contributed by atoms with Crippen molar-refractivity contribution in [3.05, 3.63) is 59.1 Å². The van der Waals surface area contributed by atoms with Crippen LogP contribution in [0.5, 0.6) is 5.75 Å². The van der Waals surface area contributed by atoms with Crippen LogP contribution in [0.4, 0.5) is 0 Å². The SMILES string of the molecule is O=C(Cc1csc(-c2cccnc2)n1)N1CCC(Oc2cncc(Cl)c2)CC1. The maximum absolute atomic E-state index is 12.6. The van der Waals surface area contributed by atoms with Gasteiger partial charge in [-0.05, 0) is 12.1 Å². The van der Waals surface area contributed by atoms with Crippen molar-refractivity contribution < 1.29 is 9.53 Å². The van der Waals surface area contributed by atoms with E-state index in [0.29, 0.717) is 30.3 Å². The molecule has 0 atom stereocenters. The van der Waals surface area contributed by atoms with Crippen molar-refractivity contribution in [2.75, 3.05) is 13.1 Å². The Hall–Kier alpha value is -2.51. The molecule has 4 heterocycles. The molecule has 0 bridgehead atoms. The van der Waals surface area contributed by atoms with Crippen LogP contribution in [0, 0.1) is 0 Å². The predicted octanol–water partition coefficient (Wildman–Crippen LogP) is 3.87. The van der Waals surface area contributed by atoms with Gasteiger partial charge in [-0.15, -0.1) is 11.3 Å². The van der Waals surface area contributed by atoms with Crippen LogP contribution in [0.1, 0.15) is 18.5 Å². The lowest BCUT2D eigenvalue weighted by molar-refractivity contribution is -0.132. The number of thiazole rings is 1. The number of hydrogen-bond acceptors (Lipinski definition) is 6. The highest BCUT2D eigenvalue weighted by Crippen LogP contribution is 2.24. The first-order valence-corrected chi connectivity index (χ1v) is 10.3. The average Bonchev–Trinajstić information content (AvgIpc) is 3.18. The molecule has 0 radical (unpaired) electrons. The van der Waals surface area contributed by atoms with Gasteiger partial charge in [0.05, 0.1) is 23.3 Å². The lowest BCUT2D eigenvalue weighted by Crippen LogP contribution is -2.42. The number of halogens is 1. The molecule has 1 aliphatic rings. The van der Waals surface area contributed by atoms with E-state index in [2.05, 4.69) is 15.0 Å². The predicted molar refractivity (Wildman–Crippen MR) is 109 cm³/mol. The van der Waals surface area contributed by atoms with E-state index in [-0.39, 0.29) is 12.0 Å². The number of aromatic nitrogens is 3. The van der Waals surface area contributed by atoms with Gasteiger partial charge >= 0.3 is 0 Å². The lowest BCUT2D eigenvalue weighted by Gasteiger charge is -2.32. The van der Waals surface area contributed by atoms with E-state index >= 15 is 0 Å². The van der Waals surface area contributed by atoms with Crippen LogP contribution in [-0.2, 0) is 11.2 Å². The summed E-state index contributed by atoms with van der Waals surface area (Å²) in [4.78, 5) is 27.2. The van der Waals surface area contributed by atoms with Gasteiger partial charge in [-0.1, -0.05) is 11.6 Å². The van der Waals surface area contributed by atoms with Crippen molar-refractivity contribution in [3.8, 4) is 16.3 Å². The number of ether oxygens (including phenoxy) is 1. The Bertz CT molecular complexity index is 942. The summed E-state index contributed by atoms with van der Waals surface area (Å²) in [5.41, 5.74) is 1.77. The monoisotopic (exact) mass is 414 g/mol. The summed E-state index contributed by atoms with van der Waals surface area (Å²) in [7, 11) is 0. The first-order valence-electron chi connectivity index (χ1n) is 9.07. The number of piperidine rings is 1. The molecule has 0 aromatic carbocycles. The molecule has 1 amide bonds. The first-order chi connectivity index (χ1) is 13.7. The van der Waals surface area contributed by atoms with Gasteiger partial charge < -0.3 is 9.64 Å². The van der Waals surface area contributed by atoms with Crippen LogP contribution in [0.25, 0.3) is 10.6 Å². The standard InChI is InChI=1S/C20H19ClN4O2S/c21-15-8-18(12-23-11-15)27-17-3-6-25(7-4-17)19(26)9-16-13-28-20(24-16)14-2-1-5-22-10-14/h1-2,5,8,10-13,17H,3-4,6-7,9H2. The zero-order valence-electron chi connectivity index (χ0n) is 15.1. The lowest BCUT2D eigenvalue weighted by atomic mass is 10.1. The Kier molecular flexibility index (Phi) is 5.83. The van der Waals surface area contributed by atoms with Crippen LogP contribution in [0.3, 0.4) is 0 Å². The Morgan fingerprint density at radius 1 is 1.25 bits per heavy atom. The molecule has 144 valence electrons. The Morgan fingerprint density at radius 2 is 2.11 bits per heavy atom. The zero-order chi connectivity index (χ0) is 19.3.